The Kier molecular flexibility index (Phi) is 6.29. The fourth-order valence-electron chi connectivity index (χ4n) is 1.68. The van der Waals surface area contributed by atoms with Gasteiger partial charge in [0.25, 0.3) is 5.91 Å². The normalized spacial score (nSPS) is 10.8. The zero-order chi connectivity index (χ0) is 14.3. The van der Waals surface area contributed by atoms with Crippen LogP contribution in [-0.4, -0.2) is 49.0 Å². The Balaban J connectivity index is 2.47. The van der Waals surface area contributed by atoms with E-state index >= 15 is 0 Å². The molecule has 0 spiro atoms. The summed E-state index contributed by atoms with van der Waals surface area (Å²) in [5, 5.41) is 6.13. The molecule has 0 aliphatic rings. The summed E-state index contributed by atoms with van der Waals surface area (Å²) in [5.41, 5.74) is 1.46. The van der Waals surface area contributed by atoms with Crippen LogP contribution < -0.4 is 10.6 Å². The number of anilines is 1. The van der Waals surface area contributed by atoms with Crippen molar-refractivity contribution in [3.05, 3.63) is 24.0 Å². The second-order valence-electron chi connectivity index (χ2n) is 5.17. The Labute approximate surface area is 115 Å². The van der Waals surface area contributed by atoms with E-state index in [1.165, 1.54) is 0 Å². The monoisotopic (exact) mass is 264 g/mol. The van der Waals surface area contributed by atoms with Crippen molar-refractivity contribution in [2.24, 2.45) is 0 Å². The summed E-state index contributed by atoms with van der Waals surface area (Å²) in [4.78, 5) is 18.1. The van der Waals surface area contributed by atoms with E-state index in [1.54, 1.807) is 12.4 Å². The molecule has 0 radical (unpaired) electrons. The van der Waals surface area contributed by atoms with Crippen LogP contribution in [0.2, 0.25) is 0 Å². The Hall–Kier alpha value is -1.62. The molecule has 0 aromatic carbocycles. The molecule has 0 bridgehead atoms. The summed E-state index contributed by atoms with van der Waals surface area (Å²) in [6, 6.07) is 2.15. The smallest absolute Gasteiger partial charge is 0.252 e. The van der Waals surface area contributed by atoms with Crippen LogP contribution in [0.4, 0.5) is 5.69 Å². The number of nitrogens with zero attached hydrogens (tertiary/aromatic N) is 2. The molecule has 0 unspecified atom stereocenters. The van der Waals surface area contributed by atoms with Crippen molar-refractivity contribution in [2.45, 2.75) is 26.3 Å². The predicted octanol–water partition coefficient (Wildman–Crippen LogP) is 1.58. The first-order chi connectivity index (χ1) is 8.99. The van der Waals surface area contributed by atoms with Gasteiger partial charge in [-0.05, 0) is 47.0 Å². The van der Waals surface area contributed by atoms with Crippen LogP contribution in [0, 0.1) is 0 Å². The fraction of sp³-hybridized carbons (Fsp3) is 0.571. The summed E-state index contributed by atoms with van der Waals surface area (Å²) < 4.78 is 0. The molecule has 0 atom stereocenters. The van der Waals surface area contributed by atoms with E-state index < -0.39 is 0 Å². The van der Waals surface area contributed by atoms with Crippen LogP contribution in [0.15, 0.2) is 18.5 Å². The van der Waals surface area contributed by atoms with Gasteiger partial charge in [0, 0.05) is 25.0 Å². The van der Waals surface area contributed by atoms with E-state index in [4.69, 9.17) is 0 Å². The molecule has 1 aromatic rings. The molecule has 0 aliphatic carbocycles. The highest BCUT2D eigenvalue weighted by Crippen LogP contribution is 2.09. The molecular formula is C14H24N4O. The number of pyridine rings is 1. The Morgan fingerprint density at radius 3 is 2.74 bits per heavy atom. The van der Waals surface area contributed by atoms with Gasteiger partial charge < -0.3 is 15.5 Å². The lowest BCUT2D eigenvalue weighted by atomic mass is 10.2. The minimum Gasteiger partial charge on any atom is -0.382 e. The number of carbonyl (C=O) groups is 1. The van der Waals surface area contributed by atoms with Crippen molar-refractivity contribution in [3.63, 3.8) is 0 Å². The zero-order valence-corrected chi connectivity index (χ0v) is 12.2. The Morgan fingerprint density at radius 1 is 1.37 bits per heavy atom. The molecule has 1 aromatic heterocycles. The molecule has 1 heterocycles. The molecule has 0 fully saturated rings. The molecule has 0 saturated carbocycles. The number of hydrogen-bond donors (Lipinski definition) is 2. The Morgan fingerprint density at radius 2 is 2.11 bits per heavy atom. The first-order valence-corrected chi connectivity index (χ1v) is 6.63. The third kappa shape index (κ3) is 6.20. The second kappa shape index (κ2) is 7.74. The lowest BCUT2D eigenvalue weighted by molar-refractivity contribution is 0.0952. The minimum atomic E-state index is -0.0707. The SMILES string of the molecule is CC(C)Nc1cncc(C(=O)NCCCN(C)C)c1. The van der Waals surface area contributed by atoms with E-state index in [9.17, 15) is 4.79 Å². The van der Waals surface area contributed by atoms with Crippen LogP contribution in [0.25, 0.3) is 0 Å². The van der Waals surface area contributed by atoms with Crippen LogP contribution in [0.5, 0.6) is 0 Å². The molecule has 1 rings (SSSR count). The highest BCUT2D eigenvalue weighted by Gasteiger charge is 2.06. The van der Waals surface area contributed by atoms with Crippen LogP contribution in [0.3, 0.4) is 0 Å². The second-order valence-corrected chi connectivity index (χ2v) is 5.17. The van der Waals surface area contributed by atoms with Gasteiger partial charge in [-0.1, -0.05) is 0 Å². The lowest BCUT2D eigenvalue weighted by Crippen LogP contribution is -2.27. The first kappa shape index (κ1) is 15.4. The van der Waals surface area contributed by atoms with E-state index in [1.807, 2.05) is 34.0 Å². The van der Waals surface area contributed by atoms with Gasteiger partial charge in [0.1, 0.15) is 0 Å². The number of nitrogens with one attached hydrogen (secondary N) is 2. The van der Waals surface area contributed by atoms with Crippen molar-refractivity contribution < 1.29 is 4.79 Å². The summed E-state index contributed by atoms with van der Waals surface area (Å²) >= 11 is 0. The maximum Gasteiger partial charge on any atom is 0.252 e. The van der Waals surface area contributed by atoms with Gasteiger partial charge in [-0.2, -0.15) is 0 Å². The van der Waals surface area contributed by atoms with Crippen molar-refractivity contribution in [2.75, 3.05) is 32.5 Å². The Bertz CT molecular complexity index is 404. The highest BCUT2D eigenvalue weighted by molar-refractivity contribution is 5.94. The molecule has 19 heavy (non-hydrogen) atoms. The molecule has 106 valence electrons. The zero-order valence-electron chi connectivity index (χ0n) is 12.2. The third-order valence-electron chi connectivity index (χ3n) is 2.52. The topological polar surface area (TPSA) is 57.3 Å². The van der Waals surface area contributed by atoms with Crippen molar-refractivity contribution in [1.82, 2.24) is 15.2 Å². The lowest BCUT2D eigenvalue weighted by Gasteiger charge is -2.12. The first-order valence-electron chi connectivity index (χ1n) is 6.63. The summed E-state index contributed by atoms with van der Waals surface area (Å²) in [6.45, 7) is 5.74. The van der Waals surface area contributed by atoms with Crippen molar-refractivity contribution >= 4 is 11.6 Å². The van der Waals surface area contributed by atoms with Crippen molar-refractivity contribution in [1.29, 1.82) is 0 Å². The summed E-state index contributed by atoms with van der Waals surface area (Å²) in [5.74, 6) is -0.0707. The van der Waals surface area contributed by atoms with Gasteiger partial charge in [0.2, 0.25) is 0 Å². The quantitative estimate of drug-likeness (QED) is 0.734. The maximum absolute atomic E-state index is 11.9. The molecule has 5 heteroatoms. The molecule has 0 saturated heterocycles. The molecule has 5 nitrogen and oxygen atoms in total. The van der Waals surface area contributed by atoms with Gasteiger partial charge in [-0.3, -0.25) is 9.78 Å². The fourth-order valence-corrected chi connectivity index (χ4v) is 1.68. The minimum absolute atomic E-state index is 0.0707. The highest BCUT2D eigenvalue weighted by atomic mass is 16.1. The van der Waals surface area contributed by atoms with Crippen LogP contribution in [-0.2, 0) is 0 Å². The number of amides is 1. The molecule has 2 N–H and O–H groups in total. The molecular weight excluding hydrogens is 240 g/mol. The maximum atomic E-state index is 11.9. The average molecular weight is 264 g/mol. The van der Waals surface area contributed by atoms with Crippen molar-refractivity contribution in [3.8, 4) is 0 Å². The number of carbonyl (C=O) groups excluding carboxylic acids is 1. The van der Waals surface area contributed by atoms with E-state index in [0.717, 1.165) is 18.7 Å². The average Bonchev–Trinajstić information content (AvgIpc) is 2.33. The van der Waals surface area contributed by atoms with Crippen LogP contribution >= 0.6 is 0 Å². The molecule has 0 aliphatic heterocycles. The van der Waals surface area contributed by atoms with Gasteiger partial charge in [0.15, 0.2) is 0 Å². The summed E-state index contributed by atoms with van der Waals surface area (Å²) in [6.07, 6.45) is 4.26. The van der Waals surface area contributed by atoms with Gasteiger partial charge >= 0.3 is 0 Å². The summed E-state index contributed by atoms with van der Waals surface area (Å²) in [7, 11) is 4.04. The van der Waals surface area contributed by atoms with Gasteiger partial charge in [-0.15, -0.1) is 0 Å². The van der Waals surface area contributed by atoms with E-state index in [2.05, 4.69) is 20.5 Å². The van der Waals surface area contributed by atoms with Gasteiger partial charge in [0.05, 0.1) is 11.3 Å². The number of aromatic nitrogens is 1. The third-order valence-corrected chi connectivity index (χ3v) is 2.52. The number of hydrogen-bond acceptors (Lipinski definition) is 4. The van der Waals surface area contributed by atoms with Gasteiger partial charge in [-0.25, -0.2) is 0 Å². The molecule has 1 amide bonds. The van der Waals surface area contributed by atoms with E-state index in [-0.39, 0.29) is 5.91 Å². The predicted molar refractivity (Wildman–Crippen MR) is 78.5 cm³/mol. The largest absolute Gasteiger partial charge is 0.382 e. The van der Waals surface area contributed by atoms with E-state index in [0.29, 0.717) is 18.2 Å². The number of rotatable bonds is 7. The standard InChI is InChI=1S/C14H24N4O/c1-11(2)17-13-8-12(9-15-10-13)14(19)16-6-5-7-18(3)4/h8-11,17H,5-7H2,1-4H3,(H,16,19). The van der Waals surface area contributed by atoms with Crippen LogP contribution in [0.1, 0.15) is 30.6 Å².